The van der Waals surface area contributed by atoms with E-state index in [4.69, 9.17) is 4.74 Å². The lowest BCUT2D eigenvalue weighted by Crippen LogP contribution is -2.36. The maximum atomic E-state index is 11.9. The molecule has 0 aliphatic heterocycles. The van der Waals surface area contributed by atoms with Gasteiger partial charge in [0, 0.05) is 12.4 Å². The van der Waals surface area contributed by atoms with Gasteiger partial charge in [-0.15, -0.1) is 0 Å². The lowest BCUT2D eigenvalue weighted by atomic mass is 10.2. The Bertz CT molecular complexity index is 552. The first-order valence-electron chi connectivity index (χ1n) is 6.65. The minimum absolute atomic E-state index is 0.198. The fourth-order valence-electron chi connectivity index (χ4n) is 1.80. The van der Waals surface area contributed by atoms with Crippen LogP contribution in [0.4, 0.5) is 0 Å². The summed E-state index contributed by atoms with van der Waals surface area (Å²) in [4.78, 5) is 15.8. The van der Waals surface area contributed by atoms with Crippen LogP contribution in [-0.4, -0.2) is 17.1 Å². The molecular formula is C16H18N2O2. The Kier molecular flexibility index (Phi) is 4.71. The molecule has 104 valence electrons. The summed E-state index contributed by atoms with van der Waals surface area (Å²) in [6.45, 7) is 3.90. The van der Waals surface area contributed by atoms with Crippen LogP contribution in [-0.2, 0) is 6.42 Å². The maximum Gasteiger partial charge on any atom is 0.255 e. The molecule has 1 aromatic heterocycles. The normalized spacial score (nSPS) is 11.7. The minimum atomic E-state index is -0.407. The number of aryl methyl sites for hydroxylation is 1. The first kappa shape index (κ1) is 14.1. The van der Waals surface area contributed by atoms with Crippen molar-refractivity contribution < 1.29 is 9.53 Å². The Labute approximate surface area is 118 Å². The van der Waals surface area contributed by atoms with Crippen molar-refractivity contribution in [1.29, 1.82) is 0 Å². The fraction of sp³-hybridized carbons (Fsp3) is 0.250. The first-order chi connectivity index (χ1) is 9.69. The number of nitrogens with one attached hydrogen (secondary N) is 1. The van der Waals surface area contributed by atoms with Crippen LogP contribution < -0.4 is 10.1 Å². The third-order valence-corrected chi connectivity index (χ3v) is 2.90. The Morgan fingerprint density at radius 1 is 1.30 bits per heavy atom. The van der Waals surface area contributed by atoms with Crippen molar-refractivity contribution in [3.8, 4) is 5.75 Å². The van der Waals surface area contributed by atoms with Crippen molar-refractivity contribution >= 4 is 5.91 Å². The minimum Gasteiger partial charge on any atom is -0.471 e. The molecule has 1 atom stereocenters. The Morgan fingerprint density at radius 3 is 2.65 bits per heavy atom. The molecule has 0 fully saturated rings. The van der Waals surface area contributed by atoms with E-state index in [1.165, 1.54) is 11.8 Å². The topological polar surface area (TPSA) is 51.2 Å². The molecule has 0 bridgehead atoms. The van der Waals surface area contributed by atoms with E-state index in [1.54, 1.807) is 25.3 Å². The number of carbonyl (C=O) groups excluding carboxylic acids is 1. The maximum absolute atomic E-state index is 11.9. The van der Waals surface area contributed by atoms with Crippen molar-refractivity contribution in [2.75, 3.05) is 0 Å². The number of pyridine rings is 1. The van der Waals surface area contributed by atoms with Gasteiger partial charge in [-0.3, -0.25) is 9.78 Å². The molecule has 2 aromatic rings. The molecule has 0 radical (unpaired) electrons. The number of carbonyl (C=O) groups is 1. The number of rotatable bonds is 5. The number of hydrogen-bond acceptors (Lipinski definition) is 3. The number of nitrogens with zero attached hydrogens (tertiary/aromatic N) is 1. The van der Waals surface area contributed by atoms with Crippen molar-refractivity contribution in [3.05, 3.63) is 59.9 Å². The third-order valence-electron chi connectivity index (χ3n) is 2.90. The largest absolute Gasteiger partial charge is 0.471 e. The highest BCUT2D eigenvalue weighted by Crippen LogP contribution is 2.13. The molecule has 1 N–H and O–H groups in total. The zero-order valence-corrected chi connectivity index (χ0v) is 11.7. The summed E-state index contributed by atoms with van der Waals surface area (Å²) in [5.41, 5.74) is 1.77. The van der Waals surface area contributed by atoms with Crippen LogP contribution in [0.15, 0.2) is 48.8 Å². The number of hydrogen-bond donors (Lipinski definition) is 1. The van der Waals surface area contributed by atoms with Crippen LogP contribution in [0.1, 0.15) is 29.8 Å². The second kappa shape index (κ2) is 6.70. The quantitative estimate of drug-likeness (QED) is 0.850. The Hall–Kier alpha value is -2.36. The molecule has 20 heavy (non-hydrogen) atoms. The highest BCUT2D eigenvalue weighted by Gasteiger charge is 2.10. The number of aromatic nitrogens is 1. The van der Waals surface area contributed by atoms with Gasteiger partial charge in [0.15, 0.2) is 6.23 Å². The second-order valence-electron chi connectivity index (χ2n) is 4.47. The Balaban J connectivity index is 1.91. The Morgan fingerprint density at radius 2 is 2.05 bits per heavy atom. The van der Waals surface area contributed by atoms with E-state index in [0.29, 0.717) is 5.56 Å². The molecule has 4 nitrogen and oxygen atoms in total. The van der Waals surface area contributed by atoms with Crippen LogP contribution in [0.3, 0.4) is 0 Å². The molecule has 0 spiro atoms. The summed E-state index contributed by atoms with van der Waals surface area (Å²) in [7, 11) is 0. The van der Waals surface area contributed by atoms with Gasteiger partial charge in [-0.25, -0.2) is 0 Å². The number of ether oxygens (including phenoxy) is 1. The van der Waals surface area contributed by atoms with Crippen LogP contribution in [0.2, 0.25) is 0 Å². The standard InChI is InChI=1S/C16H18N2O2/c1-3-13-6-8-15(9-7-13)20-12(2)18-16(19)14-5-4-10-17-11-14/h4-12H,3H2,1-2H3,(H,18,19). The molecule has 1 unspecified atom stereocenters. The van der Waals surface area contributed by atoms with Gasteiger partial charge in [0.25, 0.3) is 5.91 Å². The van der Waals surface area contributed by atoms with E-state index in [9.17, 15) is 4.79 Å². The van der Waals surface area contributed by atoms with Gasteiger partial charge in [-0.2, -0.15) is 0 Å². The molecule has 0 saturated carbocycles. The predicted molar refractivity (Wildman–Crippen MR) is 77.6 cm³/mol. The summed E-state index contributed by atoms with van der Waals surface area (Å²) in [6.07, 6.45) is 3.74. The molecule has 2 rings (SSSR count). The average molecular weight is 270 g/mol. The summed E-state index contributed by atoms with van der Waals surface area (Å²) in [5, 5.41) is 2.77. The monoisotopic (exact) mass is 270 g/mol. The summed E-state index contributed by atoms with van der Waals surface area (Å²) in [6, 6.07) is 11.3. The van der Waals surface area contributed by atoms with Crippen molar-refractivity contribution in [2.24, 2.45) is 0 Å². The number of benzene rings is 1. The molecule has 1 amide bonds. The van der Waals surface area contributed by atoms with Crippen molar-refractivity contribution in [3.63, 3.8) is 0 Å². The lowest BCUT2D eigenvalue weighted by molar-refractivity contribution is 0.0851. The first-order valence-corrected chi connectivity index (χ1v) is 6.65. The third kappa shape index (κ3) is 3.82. The van der Waals surface area contributed by atoms with Crippen molar-refractivity contribution in [2.45, 2.75) is 26.5 Å². The van der Waals surface area contributed by atoms with Crippen LogP contribution in [0.25, 0.3) is 0 Å². The summed E-state index contributed by atoms with van der Waals surface area (Å²) >= 11 is 0. The van der Waals surface area contributed by atoms with E-state index in [2.05, 4.69) is 17.2 Å². The SMILES string of the molecule is CCc1ccc(OC(C)NC(=O)c2cccnc2)cc1. The van der Waals surface area contributed by atoms with Crippen LogP contribution in [0.5, 0.6) is 5.75 Å². The van der Waals surface area contributed by atoms with Gasteiger partial charge in [0.2, 0.25) is 0 Å². The molecule has 0 aliphatic rings. The molecule has 0 saturated heterocycles. The smallest absolute Gasteiger partial charge is 0.255 e. The summed E-state index contributed by atoms with van der Waals surface area (Å²) < 4.78 is 5.65. The van der Waals surface area contributed by atoms with Gasteiger partial charge in [0.05, 0.1) is 5.56 Å². The average Bonchev–Trinajstić information content (AvgIpc) is 2.49. The highest BCUT2D eigenvalue weighted by molar-refractivity contribution is 5.93. The van der Waals surface area contributed by atoms with E-state index in [1.807, 2.05) is 24.3 Å². The van der Waals surface area contributed by atoms with Gasteiger partial charge < -0.3 is 10.1 Å². The van der Waals surface area contributed by atoms with Crippen LogP contribution >= 0.6 is 0 Å². The molecule has 1 heterocycles. The number of amides is 1. The lowest BCUT2D eigenvalue weighted by Gasteiger charge is -2.16. The zero-order valence-electron chi connectivity index (χ0n) is 11.7. The highest BCUT2D eigenvalue weighted by atomic mass is 16.5. The van der Waals surface area contributed by atoms with E-state index in [0.717, 1.165) is 12.2 Å². The van der Waals surface area contributed by atoms with Gasteiger partial charge in [0.1, 0.15) is 5.75 Å². The van der Waals surface area contributed by atoms with Gasteiger partial charge >= 0.3 is 0 Å². The molecule has 4 heteroatoms. The van der Waals surface area contributed by atoms with E-state index >= 15 is 0 Å². The van der Waals surface area contributed by atoms with Crippen LogP contribution in [0, 0.1) is 0 Å². The van der Waals surface area contributed by atoms with Gasteiger partial charge in [-0.1, -0.05) is 19.1 Å². The molecule has 1 aromatic carbocycles. The summed E-state index contributed by atoms with van der Waals surface area (Å²) in [5.74, 6) is 0.539. The van der Waals surface area contributed by atoms with E-state index in [-0.39, 0.29) is 5.91 Å². The van der Waals surface area contributed by atoms with Crippen molar-refractivity contribution in [1.82, 2.24) is 10.3 Å². The predicted octanol–water partition coefficient (Wildman–Crippen LogP) is 2.80. The zero-order chi connectivity index (χ0) is 14.4. The second-order valence-corrected chi connectivity index (χ2v) is 4.47. The fourth-order valence-corrected chi connectivity index (χ4v) is 1.80. The van der Waals surface area contributed by atoms with E-state index < -0.39 is 6.23 Å². The molecular weight excluding hydrogens is 252 g/mol. The van der Waals surface area contributed by atoms with Gasteiger partial charge in [-0.05, 0) is 43.2 Å². The molecule has 0 aliphatic carbocycles.